The molecule has 2 N–H and O–H groups in total. The molecule has 6 nitrogen and oxygen atoms in total. The van der Waals surface area contributed by atoms with Gasteiger partial charge in [-0.2, -0.15) is 0 Å². The summed E-state index contributed by atoms with van der Waals surface area (Å²) in [5.74, 6) is -0.471. The number of likely N-dealkylation sites (tertiary alicyclic amines) is 2. The lowest BCUT2D eigenvalue weighted by atomic mass is 9.83. The number of hydrogen-bond donors (Lipinski definition) is 1. The summed E-state index contributed by atoms with van der Waals surface area (Å²) in [6, 6.07) is 7.54. The van der Waals surface area contributed by atoms with E-state index < -0.39 is 5.54 Å². The number of esters is 1. The van der Waals surface area contributed by atoms with Crippen LogP contribution in [0, 0.1) is 0 Å². The topological polar surface area (TPSA) is 75.9 Å². The number of hydrogen-bond acceptors (Lipinski definition) is 5. The van der Waals surface area contributed by atoms with E-state index in [1.165, 1.54) is 6.42 Å². The molecular weight excluding hydrogens is 318 g/mol. The highest BCUT2D eigenvalue weighted by Gasteiger charge is 2.47. The standard InChI is InChI=1S/C19H25N3O3/c20-18(24)19(22-10-4-1-5-11-22)8-12-21(13-9-19)16-14-6-2-3-7-15(14)17(23)25-16/h2-3,6-7,16H,1,4-5,8-13H2,(H2,20,24). The Morgan fingerprint density at radius 2 is 1.76 bits per heavy atom. The van der Waals surface area contributed by atoms with E-state index in [-0.39, 0.29) is 18.1 Å². The predicted octanol–water partition coefficient (Wildman–Crippen LogP) is 1.66. The smallest absolute Gasteiger partial charge is 0.340 e. The lowest BCUT2D eigenvalue weighted by Crippen LogP contribution is -2.63. The highest BCUT2D eigenvalue weighted by molar-refractivity contribution is 5.93. The van der Waals surface area contributed by atoms with E-state index in [0.29, 0.717) is 31.5 Å². The Kier molecular flexibility index (Phi) is 4.25. The van der Waals surface area contributed by atoms with Gasteiger partial charge in [0.15, 0.2) is 6.23 Å². The highest BCUT2D eigenvalue weighted by Crippen LogP contribution is 2.38. The number of rotatable bonds is 3. The van der Waals surface area contributed by atoms with E-state index in [1.54, 1.807) is 0 Å². The summed E-state index contributed by atoms with van der Waals surface area (Å²) >= 11 is 0. The quantitative estimate of drug-likeness (QED) is 0.845. The van der Waals surface area contributed by atoms with Crippen molar-refractivity contribution in [3.05, 3.63) is 35.4 Å². The van der Waals surface area contributed by atoms with E-state index in [2.05, 4.69) is 9.80 Å². The Morgan fingerprint density at radius 3 is 2.44 bits per heavy atom. The number of benzene rings is 1. The van der Waals surface area contributed by atoms with Crippen molar-refractivity contribution >= 4 is 11.9 Å². The van der Waals surface area contributed by atoms with Crippen LogP contribution in [0.3, 0.4) is 0 Å². The molecule has 4 rings (SSSR count). The van der Waals surface area contributed by atoms with Crippen molar-refractivity contribution in [2.24, 2.45) is 5.73 Å². The number of nitrogens with two attached hydrogens (primary N) is 1. The summed E-state index contributed by atoms with van der Waals surface area (Å²) in [6.45, 7) is 3.30. The van der Waals surface area contributed by atoms with Gasteiger partial charge in [0.05, 0.1) is 5.56 Å². The molecule has 0 aromatic heterocycles. The molecule has 2 saturated heterocycles. The monoisotopic (exact) mass is 343 g/mol. The van der Waals surface area contributed by atoms with Gasteiger partial charge in [-0.25, -0.2) is 4.79 Å². The van der Waals surface area contributed by atoms with E-state index in [9.17, 15) is 9.59 Å². The lowest BCUT2D eigenvalue weighted by Gasteiger charge is -2.48. The maximum Gasteiger partial charge on any atom is 0.340 e. The maximum absolute atomic E-state index is 12.3. The number of carbonyl (C=O) groups is 2. The Labute approximate surface area is 147 Å². The van der Waals surface area contributed by atoms with Gasteiger partial charge in [0, 0.05) is 18.7 Å². The number of piperidine rings is 2. The third kappa shape index (κ3) is 2.73. The van der Waals surface area contributed by atoms with E-state index in [1.807, 2.05) is 24.3 Å². The van der Waals surface area contributed by atoms with Crippen LogP contribution in [-0.4, -0.2) is 53.4 Å². The molecule has 1 unspecified atom stereocenters. The van der Waals surface area contributed by atoms with Crippen LogP contribution in [0.2, 0.25) is 0 Å². The Bertz CT molecular complexity index is 676. The highest BCUT2D eigenvalue weighted by atomic mass is 16.6. The van der Waals surface area contributed by atoms with Gasteiger partial charge in [-0.15, -0.1) is 0 Å². The molecule has 1 amide bonds. The van der Waals surface area contributed by atoms with Crippen molar-refractivity contribution in [3.8, 4) is 0 Å². The number of amides is 1. The SMILES string of the molecule is NC(=O)C1(N2CCCCC2)CCN(C2OC(=O)c3ccccc32)CC1. The van der Waals surface area contributed by atoms with Crippen LogP contribution in [0.25, 0.3) is 0 Å². The van der Waals surface area contributed by atoms with Gasteiger partial charge in [0.1, 0.15) is 5.54 Å². The van der Waals surface area contributed by atoms with Gasteiger partial charge < -0.3 is 10.5 Å². The van der Waals surface area contributed by atoms with Crippen LogP contribution in [-0.2, 0) is 9.53 Å². The van der Waals surface area contributed by atoms with E-state index >= 15 is 0 Å². The van der Waals surface area contributed by atoms with Crippen molar-refractivity contribution in [2.75, 3.05) is 26.2 Å². The number of primary amides is 1. The third-order valence-corrected chi connectivity index (χ3v) is 6.04. The zero-order chi connectivity index (χ0) is 17.4. The van der Waals surface area contributed by atoms with Crippen LogP contribution in [0.5, 0.6) is 0 Å². The van der Waals surface area contributed by atoms with E-state index in [0.717, 1.165) is 31.5 Å². The molecule has 3 aliphatic heterocycles. The first kappa shape index (κ1) is 16.5. The average Bonchev–Trinajstić information content (AvgIpc) is 2.99. The summed E-state index contributed by atoms with van der Waals surface area (Å²) in [6.07, 6.45) is 4.54. The fourth-order valence-corrected chi connectivity index (χ4v) is 4.57. The first-order valence-corrected chi connectivity index (χ1v) is 9.21. The maximum atomic E-state index is 12.3. The van der Waals surface area contributed by atoms with Gasteiger partial charge in [-0.05, 0) is 44.8 Å². The molecule has 0 radical (unpaired) electrons. The van der Waals surface area contributed by atoms with Crippen molar-refractivity contribution in [2.45, 2.75) is 43.9 Å². The Morgan fingerprint density at radius 1 is 1.08 bits per heavy atom. The predicted molar refractivity (Wildman–Crippen MR) is 92.8 cm³/mol. The summed E-state index contributed by atoms with van der Waals surface area (Å²) in [5.41, 5.74) is 6.88. The molecule has 1 aromatic carbocycles. The minimum Gasteiger partial charge on any atom is -0.438 e. The minimum absolute atomic E-state index is 0.210. The molecule has 3 heterocycles. The summed E-state index contributed by atoms with van der Waals surface area (Å²) in [7, 11) is 0. The Hall–Kier alpha value is -1.92. The molecule has 6 heteroatoms. The first-order chi connectivity index (χ1) is 12.1. The summed E-state index contributed by atoms with van der Waals surface area (Å²) < 4.78 is 5.60. The van der Waals surface area contributed by atoms with Crippen molar-refractivity contribution in [3.63, 3.8) is 0 Å². The molecular formula is C19H25N3O3. The van der Waals surface area contributed by atoms with Gasteiger partial charge in [-0.3, -0.25) is 14.6 Å². The fraction of sp³-hybridized carbons (Fsp3) is 0.579. The molecule has 1 aromatic rings. The number of cyclic esters (lactones) is 1. The van der Waals surface area contributed by atoms with Crippen LogP contribution in [0.4, 0.5) is 0 Å². The number of fused-ring (bicyclic) bond motifs is 1. The molecule has 134 valence electrons. The fourth-order valence-electron chi connectivity index (χ4n) is 4.57. The van der Waals surface area contributed by atoms with Crippen molar-refractivity contribution in [1.82, 2.24) is 9.80 Å². The second-order valence-electron chi connectivity index (χ2n) is 7.32. The summed E-state index contributed by atoms with van der Waals surface area (Å²) in [4.78, 5) is 28.9. The number of nitrogens with zero attached hydrogens (tertiary/aromatic N) is 2. The van der Waals surface area contributed by atoms with Gasteiger partial charge in [-0.1, -0.05) is 24.6 Å². The van der Waals surface area contributed by atoms with Crippen LogP contribution in [0.15, 0.2) is 24.3 Å². The minimum atomic E-state index is -0.543. The van der Waals surface area contributed by atoms with Crippen molar-refractivity contribution < 1.29 is 14.3 Å². The van der Waals surface area contributed by atoms with Gasteiger partial charge >= 0.3 is 5.97 Å². The largest absolute Gasteiger partial charge is 0.438 e. The number of carbonyl (C=O) groups excluding carboxylic acids is 2. The zero-order valence-electron chi connectivity index (χ0n) is 14.4. The normalized spacial score (nSPS) is 26.9. The van der Waals surface area contributed by atoms with E-state index in [4.69, 9.17) is 10.5 Å². The molecule has 0 aliphatic carbocycles. The molecule has 0 spiro atoms. The lowest BCUT2D eigenvalue weighted by molar-refractivity contribution is -0.137. The second kappa shape index (κ2) is 6.42. The van der Waals surface area contributed by atoms with Crippen LogP contribution < -0.4 is 5.73 Å². The first-order valence-electron chi connectivity index (χ1n) is 9.21. The molecule has 1 atom stereocenters. The molecule has 3 aliphatic rings. The second-order valence-corrected chi connectivity index (χ2v) is 7.32. The number of ether oxygens (including phenoxy) is 1. The Balaban J connectivity index is 1.51. The zero-order valence-corrected chi connectivity index (χ0v) is 14.4. The van der Waals surface area contributed by atoms with Gasteiger partial charge in [0.2, 0.25) is 5.91 Å². The molecule has 0 bridgehead atoms. The van der Waals surface area contributed by atoms with Gasteiger partial charge in [0.25, 0.3) is 0 Å². The average molecular weight is 343 g/mol. The molecule has 2 fully saturated rings. The molecule has 25 heavy (non-hydrogen) atoms. The van der Waals surface area contributed by atoms with Crippen LogP contribution in [0.1, 0.15) is 54.3 Å². The third-order valence-electron chi connectivity index (χ3n) is 6.04. The van der Waals surface area contributed by atoms with Crippen LogP contribution >= 0.6 is 0 Å². The molecule has 0 saturated carbocycles. The van der Waals surface area contributed by atoms with Crippen molar-refractivity contribution in [1.29, 1.82) is 0 Å². The summed E-state index contributed by atoms with van der Waals surface area (Å²) in [5, 5.41) is 0.